The van der Waals surface area contributed by atoms with E-state index in [1.54, 1.807) is 41.4 Å². The predicted octanol–water partition coefficient (Wildman–Crippen LogP) is 2.42. The van der Waals surface area contributed by atoms with Crippen molar-refractivity contribution in [2.75, 3.05) is 5.73 Å². The Kier molecular flexibility index (Phi) is 2.97. The van der Waals surface area contributed by atoms with Crippen LogP contribution in [0.5, 0.6) is 5.75 Å². The summed E-state index contributed by atoms with van der Waals surface area (Å²) >= 11 is 0. The summed E-state index contributed by atoms with van der Waals surface area (Å²) in [5.41, 5.74) is 7.97. The van der Waals surface area contributed by atoms with Crippen molar-refractivity contribution in [3.05, 3.63) is 54.4 Å². The number of furan rings is 1. The predicted molar refractivity (Wildman–Crippen MR) is 84.6 cm³/mol. The topological polar surface area (TPSA) is 103 Å². The second-order valence-corrected chi connectivity index (χ2v) is 5.12. The molecule has 0 saturated heterocycles. The van der Waals surface area contributed by atoms with Crippen LogP contribution in [-0.4, -0.2) is 24.9 Å². The van der Waals surface area contributed by atoms with Gasteiger partial charge in [0.05, 0.1) is 24.4 Å². The van der Waals surface area contributed by atoms with Gasteiger partial charge in [-0.1, -0.05) is 12.1 Å². The molecular weight excluding hydrogens is 294 g/mol. The number of rotatable bonds is 3. The normalized spacial score (nSPS) is 11.1. The van der Waals surface area contributed by atoms with Crippen molar-refractivity contribution in [1.82, 2.24) is 19.7 Å². The molecule has 0 amide bonds. The molecule has 0 aliphatic heterocycles. The number of aromatic nitrogens is 4. The Bertz CT molecular complexity index is 975. The van der Waals surface area contributed by atoms with Crippen LogP contribution in [0.15, 0.2) is 53.3 Å². The number of fused-ring (bicyclic) bond motifs is 1. The smallest absolute Gasteiger partial charge is 0.222 e. The Morgan fingerprint density at radius 3 is 2.87 bits per heavy atom. The highest BCUT2D eigenvalue weighted by Gasteiger charge is 2.15. The lowest BCUT2D eigenvalue weighted by Crippen LogP contribution is -2.05. The van der Waals surface area contributed by atoms with E-state index in [-0.39, 0.29) is 11.7 Å². The van der Waals surface area contributed by atoms with Gasteiger partial charge >= 0.3 is 0 Å². The molecule has 4 rings (SSSR count). The van der Waals surface area contributed by atoms with Gasteiger partial charge < -0.3 is 15.3 Å². The van der Waals surface area contributed by atoms with E-state index >= 15 is 0 Å². The van der Waals surface area contributed by atoms with E-state index in [4.69, 9.17) is 10.2 Å². The molecule has 4 aromatic rings. The van der Waals surface area contributed by atoms with E-state index in [0.717, 1.165) is 10.9 Å². The summed E-state index contributed by atoms with van der Waals surface area (Å²) in [7, 11) is 0. The fraction of sp³-hybridized carbons (Fsp3) is 0.0625. The van der Waals surface area contributed by atoms with Crippen molar-refractivity contribution in [3.63, 3.8) is 0 Å². The zero-order chi connectivity index (χ0) is 15.8. The Balaban J connectivity index is 1.83. The second-order valence-electron chi connectivity index (χ2n) is 5.12. The van der Waals surface area contributed by atoms with Gasteiger partial charge in [0.15, 0.2) is 11.4 Å². The molecule has 0 aliphatic carbocycles. The first-order valence-electron chi connectivity index (χ1n) is 7.01. The molecule has 0 unspecified atom stereocenters. The van der Waals surface area contributed by atoms with E-state index < -0.39 is 0 Å². The molecule has 3 N–H and O–H groups in total. The van der Waals surface area contributed by atoms with Gasteiger partial charge in [-0.2, -0.15) is 10.1 Å². The molecule has 7 heteroatoms. The number of phenols is 1. The summed E-state index contributed by atoms with van der Waals surface area (Å²) < 4.78 is 7.13. The van der Waals surface area contributed by atoms with Crippen LogP contribution in [0, 0.1) is 0 Å². The average molecular weight is 307 g/mol. The largest absolute Gasteiger partial charge is 0.508 e. The average Bonchev–Trinajstić information content (AvgIpc) is 3.17. The van der Waals surface area contributed by atoms with Crippen molar-refractivity contribution in [1.29, 1.82) is 0 Å². The molecule has 114 valence electrons. The second kappa shape index (κ2) is 5.13. The number of nitrogen functional groups attached to an aromatic ring is 1. The maximum Gasteiger partial charge on any atom is 0.222 e. The Morgan fingerprint density at radius 2 is 2.09 bits per heavy atom. The number of phenolic OH excluding ortho intramolecular Hbond substituents is 1. The maximum atomic E-state index is 9.58. The number of nitrogens with zero attached hydrogens (tertiary/aromatic N) is 4. The minimum absolute atomic E-state index is 0.154. The Hall–Kier alpha value is -3.35. The summed E-state index contributed by atoms with van der Waals surface area (Å²) in [6, 6.07) is 10.6. The van der Waals surface area contributed by atoms with Gasteiger partial charge in [0.25, 0.3) is 0 Å². The quantitative estimate of drug-likeness (QED) is 0.602. The lowest BCUT2D eigenvalue weighted by Gasteiger charge is -2.05. The van der Waals surface area contributed by atoms with Crippen LogP contribution < -0.4 is 5.73 Å². The third kappa shape index (κ3) is 2.38. The van der Waals surface area contributed by atoms with Gasteiger partial charge in [0.2, 0.25) is 5.95 Å². The lowest BCUT2D eigenvalue weighted by atomic mass is 10.2. The van der Waals surface area contributed by atoms with E-state index in [1.165, 1.54) is 0 Å². The van der Waals surface area contributed by atoms with Crippen molar-refractivity contribution < 1.29 is 9.52 Å². The van der Waals surface area contributed by atoms with Crippen LogP contribution in [0.3, 0.4) is 0 Å². The molecule has 23 heavy (non-hydrogen) atoms. The van der Waals surface area contributed by atoms with Gasteiger partial charge in [-0.25, -0.2) is 9.67 Å². The van der Waals surface area contributed by atoms with Crippen molar-refractivity contribution >= 4 is 17.0 Å². The van der Waals surface area contributed by atoms with E-state index in [2.05, 4.69) is 15.1 Å². The molecule has 0 fully saturated rings. The number of hydrogen-bond donors (Lipinski definition) is 2. The van der Waals surface area contributed by atoms with Gasteiger partial charge in [-0.15, -0.1) is 0 Å². The highest BCUT2D eigenvalue weighted by Crippen LogP contribution is 2.27. The lowest BCUT2D eigenvalue weighted by molar-refractivity contribution is 0.474. The van der Waals surface area contributed by atoms with Crippen molar-refractivity contribution in [3.8, 4) is 17.2 Å². The molecule has 0 atom stereocenters. The maximum absolute atomic E-state index is 9.58. The molecule has 0 bridgehead atoms. The first-order valence-corrected chi connectivity index (χ1v) is 7.01. The summed E-state index contributed by atoms with van der Waals surface area (Å²) in [6.07, 6.45) is 3.27. The Morgan fingerprint density at radius 1 is 1.17 bits per heavy atom. The number of nitrogens with two attached hydrogens (primary N) is 1. The fourth-order valence-corrected chi connectivity index (χ4v) is 2.52. The molecule has 0 saturated carbocycles. The van der Waals surface area contributed by atoms with Crippen molar-refractivity contribution in [2.24, 2.45) is 0 Å². The van der Waals surface area contributed by atoms with E-state index in [9.17, 15) is 5.11 Å². The van der Waals surface area contributed by atoms with E-state index in [1.807, 2.05) is 12.1 Å². The van der Waals surface area contributed by atoms with Gasteiger partial charge in [-0.3, -0.25) is 0 Å². The van der Waals surface area contributed by atoms with Crippen LogP contribution in [0.2, 0.25) is 0 Å². The van der Waals surface area contributed by atoms with Crippen LogP contribution in [0.25, 0.3) is 22.5 Å². The standard InChI is InChI=1S/C16H13N5O2/c17-16-19-14(13-5-2-6-23-13)12-8-18-21(15(12)20-16)9-10-3-1-4-11(22)7-10/h1-8,22H,9H2,(H2,17,19,20). The van der Waals surface area contributed by atoms with Crippen LogP contribution in [-0.2, 0) is 6.54 Å². The molecular formula is C16H13N5O2. The molecule has 3 aromatic heterocycles. The first-order chi connectivity index (χ1) is 11.2. The minimum atomic E-state index is 0.154. The van der Waals surface area contributed by atoms with Crippen LogP contribution in [0.4, 0.5) is 5.95 Å². The molecule has 1 aromatic carbocycles. The van der Waals surface area contributed by atoms with Crippen molar-refractivity contribution in [2.45, 2.75) is 6.54 Å². The number of aromatic hydroxyl groups is 1. The number of hydrogen-bond acceptors (Lipinski definition) is 6. The van der Waals surface area contributed by atoms with Gasteiger partial charge in [0, 0.05) is 0 Å². The zero-order valence-corrected chi connectivity index (χ0v) is 12.0. The fourth-order valence-electron chi connectivity index (χ4n) is 2.52. The highest BCUT2D eigenvalue weighted by atomic mass is 16.3. The first kappa shape index (κ1) is 13.3. The van der Waals surface area contributed by atoms with Gasteiger partial charge in [0.1, 0.15) is 11.4 Å². The molecule has 0 radical (unpaired) electrons. The third-order valence-electron chi connectivity index (χ3n) is 3.51. The molecule has 0 aliphatic rings. The summed E-state index contributed by atoms with van der Waals surface area (Å²) in [5.74, 6) is 0.979. The van der Waals surface area contributed by atoms with Gasteiger partial charge in [-0.05, 0) is 29.8 Å². The molecule has 3 heterocycles. The number of benzene rings is 1. The monoisotopic (exact) mass is 307 g/mol. The zero-order valence-electron chi connectivity index (χ0n) is 12.0. The highest BCUT2D eigenvalue weighted by molar-refractivity contribution is 5.89. The molecule has 7 nitrogen and oxygen atoms in total. The summed E-state index contributed by atoms with van der Waals surface area (Å²) in [6.45, 7) is 0.464. The summed E-state index contributed by atoms with van der Waals surface area (Å²) in [4.78, 5) is 8.55. The number of anilines is 1. The molecule has 0 spiro atoms. The van der Waals surface area contributed by atoms with Crippen LogP contribution >= 0.6 is 0 Å². The van der Waals surface area contributed by atoms with Crippen LogP contribution in [0.1, 0.15) is 5.56 Å². The Labute approximate surface area is 131 Å². The minimum Gasteiger partial charge on any atom is -0.508 e. The van der Waals surface area contributed by atoms with E-state index in [0.29, 0.717) is 23.6 Å². The SMILES string of the molecule is Nc1nc(-c2ccco2)c2cnn(Cc3cccc(O)c3)c2n1. The third-order valence-corrected chi connectivity index (χ3v) is 3.51. The summed E-state index contributed by atoms with van der Waals surface area (Å²) in [5, 5.41) is 14.7.